The summed E-state index contributed by atoms with van der Waals surface area (Å²) in [4.78, 5) is 20.2. The summed E-state index contributed by atoms with van der Waals surface area (Å²) >= 11 is 2.23. The van der Waals surface area contributed by atoms with Crippen molar-refractivity contribution in [2.45, 2.75) is 64.3 Å². The molecule has 168 valence electrons. The Morgan fingerprint density at radius 3 is 2.39 bits per heavy atom. The Bertz CT molecular complexity index is 892. The molecule has 1 aromatic heterocycles. The highest BCUT2D eigenvalue weighted by atomic mass is 127. The van der Waals surface area contributed by atoms with Gasteiger partial charge in [0.25, 0.3) is 5.56 Å². The van der Waals surface area contributed by atoms with E-state index in [4.69, 9.17) is 23.7 Å². The van der Waals surface area contributed by atoms with Gasteiger partial charge in [-0.1, -0.05) is 0 Å². The van der Waals surface area contributed by atoms with Gasteiger partial charge in [-0.25, -0.2) is 4.98 Å². The summed E-state index contributed by atoms with van der Waals surface area (Å²) < 4.78 is 30.0. The van der Waals surface area contributed by atoms with Crippen molar-refractivity contribution in [2.75, 3.05) is 13.2 Å². The van der Waals surface area contributed by atoms with Gasteiger partial charge in [-0.15, -0.1) is 0 Å². The summed E-state index contributed by atoms with van der Waals surface area (Å²) in [5.41, 5.74) is 0.0573. The highest BCUT2D eigenvalue weighted by molar-refractivity contribution is 14.1. The molecule has 9 heteroatoms. The van der Waals surface area contributed by atoms with Crippen molar-refractivity contribution in [1.82, 2.24) is 9.97 Å². The fourth-order valence-corrected chi connectivity index (χ4v) is 3.84. The van der Waals surface area contributed by atoms with E-state index < -0.39 is 6.29 Å². The largest absolute Gasteiger partial charge is 0.486 e. The van der Waals surface area contributed by atoms with Crippen molar-refractivity contribution in [3.63, 3.8) is 0 Å². The van der Waals surface area contributed by atoms with Crippen LogP contribution in [-0.2, 0) is 27.4 Å². The molecule has 2 atom stereocenters. The third kappa shape index (κ3) is 6.64. The molecule has 0 bridgehead atoms. The maximum absolute atomic E-state index is 12.8. The van der Waals surface area contributed by atoms with Crippen LogP contribution in [0.3, 0.4) is 0 Å². The molecule has 2 aliphatic heterocycles. The predicted molar refractivity (Wildman–Crippen MR) is 121 cm³/mol. The Labute approximate surface area is 194 Å². The highest BCUT2D eigenvalue weighted by Crippen LogP contribution is 2.22. The molecule has 3 heterocycles. The van der Waals surface area contributed by atoms with E-state index in [9.17, 15) is 4.79 Å². The van der Waals surface area contributed by atoms with Gasteiger partial charge >= 0.3 is 0 Å². The van der Waals surface area contributed by atoms with Crippen molar-refractivity contribution in [3.05, 3.63) is 49.7 Å². The SMILES string of the molecule is O=c1[nH]c(COc2ccc(I)cc2)nc(COC2CCCCO2)c1OC1CCCCO1. The lowest BCUT2D eigenvalue weighted by Crippen LogP contribution is -2.30. The number of aromatic nitrogens is 2. The van der Waals surface area contributed by atoms with Gasteiger partial charge < -0.3 is 28.7 Å². The first-order valence-corrected chi connectivity index (χ1v) is 11.8. The molecule has 0 saturated carbocycles. The second-order valence-corrected chi connectivity index (χ2v) is 8.80. The zero-order chi connectivity index (χ0) is 21.5. The van der Waals surface area contributed by atoms with E-state index >= 15 is 0 Å². The van der Waals surface area contributed by atoms with Crippen LogP contribution in [0.25, 0.3) is 0 Å². The van der Waals surface area contributed by atoms with Crippen LogP contribution in [0, 0.1) is 3.57 Å². The quantitative estimate of drug-likeness (QED) is 0.506. The summed E-state index contributed by atoms with van der Waals surface area (Å²) in [6, 6.07) is 7.66. The van der Waals surface area contributed by atoms with Crippen molar-refractivity contribution in [2.24, 2.45) is 0 Å². The number of H-pyrrole nitrogens is 1. The molecule has 8 nitrogen and oxygen atoms in total. The standard InChI is InChI=1S/C22H27IN2O6/c23-15-7-9-16(10-8-15)29-14-18-24-17(13-30-19-5-1-3-11-27-19)21(22(26)25-18)31-20-6-2-4-12-28-20/h7-10,19-20H,1-6,11-14H2,(H,24,25,26). The van der Waals surface area contributed by atoms with Crippen molar-refractivity contribution in [3.8, 4) is 11.5 Å². The van der Waals surface area contributed by atoms with Crippen molar-refractivity contribution < 1.29 is 23.7 Å². The second-order valence-electron chi connectivity index (χ2n) is 7.55. The molecule has 2 saturated heterocycles. The number of benzene rings is 1. The smallest absolute Gasteiger partial charge is 0.293 e. The molecule has 2 aliphatic rings. The molecule has 0 amide bonds. The Balaban J connectivity index is 1.49. The van der Waals surface area contributed by atoms with E-state index in [0.717, 1.165) is 42.1 Å². The molecule has 4 rings (SSSR count). The summed E-state index contributed by atoms with van der Waals surface area (Å²) in [5, 5.41) is 0. The normalized spacial score (nSPS) is 21.6. The van der Waals surface area contributed by atoms with E-state index in [1.165, 1.54) is 0 Å². The van der Waals surface area contributed by atoms with Crippen LogP contribution in [-0.4, -0.2) is 35.8 Å². The molecular formula is C22H27IN2O6. The fraction of sp³-hybridized carbons (Fsp3) is 0.545. The van der Waals surface area contributed by atoms with Crippen LogP contribution < -0.4 is 15.0 Å². The van der Waals surface area contributed by atoms with Gasteiger partial charge in [-0.3, -0.25) is 4.79 Å². The third-order valence-electron chi connectivity index (χ3n) is 5.12. The number of hydrogen-bond acceptors (Lipinski definition) is 7. The van der Waals surface area contributed by atoms with Gasteiger partial charge in [0.15, 0.2) is 12.6 Å². The van der Waals surface area contributed by atoms with Gasteiger partial charge in [0.05, 0.1) is 13.2 Å². The summed E-state index contributed by atoms with van der Waals surface area (Å²) in [6.07, 6.45) is 4.92. The maximum Gasteiger partial charge on any atom is 0.293 e. The Hall–Kier alpha value is -1.69. The molecule has 2 aromatic rings. The van der Waals surface area contributed by atoms with Crippen LogP contribution in [0.2, 0.25) is 0 Å². The van der Waals surface area contributed by atoms with Gasteiger partial charge in [0.1, 0.15) is 23.9 Å². The second kappa shape index (κ2) is 11.3. The monoisotopic (exact) mass is 542 g/mol. The van der Waals surface area contributed by atoms with E-state index in [2.05, 4.69) is 32.6 Å². The summed E-state index contributed by atoms with van der Waals surface area (Å²) in [7, 11) is 0. The molecule has 2 fully saturated rings. The van der Waals surface area contributed by atoms with E-state index in [1.807, 2.05) is 24.3 Å². The van der Waals surface area contributed by atoms with Crippen LogP contribution in [0.15, 0.2) is 29.1 Å². The first-order valence-electron chi connectivity index (χ1n) is 10.7. The maximum atomic E-state index is 12.8. The van der Waals surface area contributed by atoms with Crippen molar-refractivity contribution >= 4 is 22.6 Å². The average Bonchev–Trinajstić information content (AvgIpc) is 2.80. The zero-order valence-electron chi connectivity index (χ0n) is 17.3. The minimum absolute atomic E-state index is 0.118. The van der Waals surface area contributed by atoms with Crippen LogP contribution in [0.1, 0.15) is 50.0 Å². The van der Waals surface area contributed by atoms with Gasteiger partial charge in [0.2, 0.25) is 5.75 Å². The number of ether oxygens (including phenoxy) is 5. The number of nitrogens with one attached hydrogen (secondary N) is 1. The minimum Gasteiger partial charge on any atom is -0.486 e. The Morgan fingerprint density at radius 1 is 1.00 bits per heavy atom. The molecule has 0 aliphatic carbocycles. The lowest BCUT2D eigenvalue weighted by atomic mass is 10.2. The number of halogens is 1. The molecule has 1 N–H and O–H groups in total. The number of hydrogen-bond donors (Lipinski definition) is 1. The molecule has 31 heavy (non-hydrogen) atoms. The Kier molecular flexibility index (Phi) is 8.17. The molecule has 0 spiro atoms. The van der Waals surface area contributed by atoms with Crippen molar-refractivity contribution in [1.29, 1.82) is 0 Å². The van der Waals surface area contributed by atoms with E-state index in [1.54, 1.807) is 0 Å². The highest BCUT2D eigenvalue weighted by Gasteiger charge is 2.23. The number of rotatable bonds is 8. The zero-order valence-corrected chi connectivity index (χ0v) is 19.5. The number of aromatic amines is 1. The average molecular weight is 542 g/mol. The predicted octanol–water partition coefficient (Wildman–Crippen LogP) is 3.90. The van der Waals surface area contributed by atoms with E-state index in [-0.39, 0.29) is 30.8 Å². The minimum atomic E-state index is -0.449. The number of nitrogens with zero attached hydrogens (tertiary/aromatic N) is 1. The van der Waals surface area contributed by atoms with Gasteiger partial charge in [0, 0.05) is 16.6 Å². The third-order valence-corrected chi connectivity index (χ3v) is 5.84. The summed E-state index contributed by atoms with van der Waals surface area (Å²) in [6.45, 7) is 1.55. The first-order chi connectivity index (χ1) is 15.2. The summed E-state index contributed by atoms with van der Waals surface area (Å²) in [5.74, 6) is 1.25. The van der Waals surface area contributed by atoms with Gasteiger partial charge in [-0.2, -0.15) is 0 Å². The topological polar surface area (TPSA) is 91.9 Å². The lowest BCUT2D eigenvalue weighted by molar-refractivity contribution is -0.170. The first kappa shape index (κ1) is 22.5. The van der Waals surface area contributed by atoms with Crippen LogP contribution in [0.5, 0.6) is 11.5 Å². The Morgan fingerprint density at radius 2 is 1.71 bits per heavy atom. The van der Waals surface area contributed by atoms with Crippen LogP contribution >= 0.6 is 22.6 Å². The van der Waals surface area contributed by atoms with Gasteiger partial charge in [-0.05, 0) is 79.0 Å². The molecular weight excluding hydrogens is 515 g/mol. The molecule has 2 unspecified atom stereocenters. The molecule has 1 aromatic carbocycles. The lowest BCUT2D eigenvalue weighted by Gasteiger charge is -2.25. The fourth-order valence-electron chi connectivity index (χ4n) is 3.48. The molecule has 0 radical (unpaired) electrons. The van der Waals surface area contributed by atoms with E-state index in [0.29, 0.717) is 30.5 Å². The van der Waals surface area contributed by atoms with Crippen LogP contribution in [0.4, 0.5) is 0 Å².